The maximum atomic E-state index is 12.1. The molecule has 0 amide bonds. The second-order valence-corrected chi connectivity index (χ2v) is 8.09. The minimum Gasteiger partial charge on any atom is -0.327 e. The van der Waals surface area contributed by atoms with E-state index in [2.05, 4.69) is 18.2 Å². The molecule has 7 nitrogen and oxygen atoms in total. The molecular weight excluding hydrogens is 384 g/mol. The molecule has 1 aromatic rings. The third-order valence-corrected chi connectivity index (χ3v) is 4.72. The summed E-state index contributed by atoms with van der Waals surface area (Å²) < 4.78 is 44.1. The Bertz CT molecular complexity index is 652. The van der Waals surface area contributed by atoms with Gasteiger partial charge in [0.15, 0.2) is 5.75 Å². The van der Waals surface area contributed by atoms with Crippen molar-refractivity contribution in [1.82, 2.24) is 0 Å². The van der Waals surface area contributed by atoms with Gasteiger partial charge in [-0.2, -0.15) is 12.6 Å². The summed E-state index contributed by atoms with van der Waals surface area (Å²) in [5.74, 6) is -0.733. The molecule has 8 heteroatoms. The van der Waals surface area contributed by atoms with Gasteiger partial charge in [-0.05, 0) is 48.6 Å². The fraction of sp³-hybridized carbons (Fsp3) is 0.700. The summed E-state index contributed by atoms with van der Waals surface area (Å²) in [4.78, 5) is 5.08. The van der Waals surface area contributed by atoms with Gasteiger partial charge in [-0.15, -0.1) is 0 Å². The minimum atomic E-state index is -4.51. The van der Waals surface area contributed by atoms with Crippen LogP contribution in [0.4, 0.5) is 0 Å². The molecule has 0 unspecified atom stereocenters. The van der Waals surface area contributed by atoms with Crippen molar-refractivity contribution in [2.24, 2.45) is 5.92 Å². The van der Waals surface area contributed by atoms with Gasteiger partial charge in [-0.25, -0.2) is 0 Å². The minimum absolute atomic E-state index is 0.201. The Balaban J connectivity index is 2.63. The Morgan fingerprint density at radius 2 is 1.64 bits per heavy atom. The van der Waals surface area contributed by atoms with E-state index < -0.39 is 16.4 Å². The van der Waals surface area contributed by atoms with E-state index in [9.17, 15) is 8.42 Å². The van der Waals surface area contributed by atoms with Crippen LogP contribution in [0.2, 0.25) is 0 Å². The zero-order valence-electron chi connectivity index (χ0n) is 17.6. The molecule has 0 aliphatic rings. The Labute approximate surface area is 169 Å². The number of rotatable bonds is 15. The maximum absolute atomic E-state index is 12.1. The molecule has 1 rings (SSSR count). The fourth-order valence-electron chi connectivity index (χ4n) is 2.73. The summed E-state index contributed by atoms with van der Waals surface area (Å²) in [5.41, 5.74) is 0.875. The average Bonchev–Trinajstić information content (AvgIpc) is 2.60. The van der Waals surface area contributed by atoms with Crippen LogP contribution < -0.4 is 4.89 Å². The topological polar surface area (TPSA) is 80.3 Å². The Morgan fingerprint density at radius 3 is 2.25 bits per heavy atom. The quantitative estimate of drug-likeness (QED) is 0.176. The highest BCUT2D eigenvalue weighted by atomic mass is 32.3. The van der Waals surface area contributed by atoms with Crippen molar-refractivity contribution in [1.29, 1.82) is 0 Å². The number of unbranched alkanes of at least 4 members (excludes halogenated alkanes) is 2. The predicted molar refractivity (Wildman–Crippen MR) is 107 cm³/mol. The van der Waals surface area contributed by atoms with E-state index in [-0.39, 0.29) is 13.2 Å². The van der Waals surface area contributed by atoms with Crippen molar-refractivity contribution < 1.29 is 31.3 Å². The molecule has 28 heavy (non-hydrogen) atoms. The molecular formula is C20H34O7S. The van der Waals surface area contributed by atoms with Crippen LogP contribution in [-0.2, 0) is 34.8 Å². The van der Waals surface area contributed by atoms with Crippen molar-refractivity contribution in [3.05, 3.63) is 29.8 Å². The number of benzene rings is 1. The number of aryl methyl sites for hydroxylation is 1. The number of hydrogen-bond acceptors (Lipinski definition) is 7. The van der Waals surface area contributed by atoms with Crippen LogP contribution in [0.25, 0.3) is 0 Å². The number of ether oxygens (including phenoxy) is 2. The first kappa shape index (κ1) is 24.8. The first-order chi connectivity index (χ1) is 13.2. The molecule has 0 heterocycles. The smallest absolute Gasteiger partial charge is 0.327 e. The summed E-state index contributed by atoms with van der Waals surface area (Å²) >= 11 is 0. The van der Waals surface area contributed by atoms with Crippen molar-refractivity contribution >= 4 is 10.4 Å². The van der Waals surface area contributed by atoms with Crippen LogP contribution >= 0.6 is 0 Å². The Kier molecular flexibility index (Phi) is 11.0. The monoisotopic (exact) mass is 418 g/mol. The van der Waals surface area contributed by atoms with E-state index in [0.717, 1.165) is 24.8 Å². The van der Waals surface area contributed by atoms with E-state index in [1.165, 1.54) is 19.8 Å². The molecule has 0 radical (unpaired) electrons. The highest BCUT2D eigenvalue weighted by molar-refractivity contribution is 7.81. The lowest BCUT2D eigenvalue weighted by molar-refractivity contribution is -0.333. The van der Waals surface area contributed by atoms with Gasteiger partial charge in [0.05, 0.1) is 0 Å². The predicted octanol–water partition coefficient (Wildman–Crippen LogP) is 4.76. The third-order valence-electron chi connectivity index (χ3n) is 3.97. The van der Waals surface area contributed by atoms with E-state index in [0.29, 0.717) is 11.7 Å². The summed E-state index contributed by atoms with van der Waals surface area (Å²) in [6, 6.07) is 7.17. The normalized spacial score (nSPS) is 12.5. The van der Waals surface area contributed by atoms with Gasteiger partial charge < -0.3 is 14.4 Å². The van der Waals surface area contributed by atoms with Crippen LogP contribution in [0.5, 0.6) is 5.75 Å². The molecule has 0 bridgehead atoms. The Morgan fingerprint density at radius 1 is 1.00 bits per heavy atom. The highest BCUT2D eigenvalue weighted by Crippen LogP contribution is 2.24. The second kappa shape index (κ2) is 12.4. The third kappa shape index (κ3) is 9.84. The lowest BCUT2D eigenvalue weighted by atomic mass is 10.0. The van der Waals surface area contributed by atoms with E-state index in [1.807, 2.05) is 12.1 Å². The molecule has 0 fully saturated rings. The van der Waals surface area contributed by atoms with Gasteiger partial charge in [-0.3, -0.25) is 0 Å². The van der Waals surface area contributed by atoms with Crippen molar-refractivity contribution in [2.45, 2.75) is 72.7 Å². The van der Waals surface area contributed by atoms with Crippen molar-refractivity contribution in [2.75, 3.05) is 13.2 Å². The molecule has 0 N–H and O–H groups in total. The van der Waals surface area contributed by atoms with Gasteiger partial charge in [-0.1, -0.05) is 51.3 Å². The molecule has 0 aliphatic carbocycles. The van der Waals surface area contributed by atoms with Crippen LogP contribution in [0.1, 0.15) is 65.9 Å². The zero-order valence-corrected chi connectivity index (χ0v) is 18.4. The lowest BCUT2D eigenvalue weighted by Gasteiger charge is -2.26. The maximum Gasteiger partial charge on any atom is 0.439 e. The molecule has 0 atom stereocenters. The molecule has 0 saturated carbocycles. The molecule has 0 aromatic heterocycles. The summed E-state index contributed by atoms with van der Waals surface area (Å²) in [6.07, 6.45) is 5.25. The van der Waals surface area contributed by atoms with E-state index in [4.69, 9.17) is 18.5 Å². The van der Waals surface area contributed by atoms with Gasteiger partial charge in [0.2, 0.25) is 0 Å². The van der Waals surface area contributed by atoms with E-state index in [1.54, 1.807) is 26.0 Å². The van der Waals surface area contributed by atoms with Gasteiger partial charge in [0.25, 0.3) is 5.97 Å². The lowest BCUT2D eigenvalue weighted by Crippen LogP contribution is -2.38. The van der Waals surface area contributed by atoms with Crippen LogP contribution in [0.15, 0.2) is 24.3 Å². The summed E-state index contributed by atoms with van der Waals surface area (Å²) in [6.45, 7) is 9.57. The van der Waals surface area contributed by atoms with Crippen LogP contribution in [-0.4, -0.2) is 27.6 Å². The van der Waals surface area contributed by atoms with Crippen molar-refractivity contribution in [3.63, 3.8) is 0 Å². The van der Waals surface area contributed by atoms with Crippen LogP contribution in [0, 0.1) is 5.92 Å². The van der Waals surface area contributed by atoms with E-state index >= 15 is 0 Å². The highest BCUT2D eigenvalue weighted by Gasteiger charge is 2.35. The SMILES string of the molecule is CCOC(C)(OCC)OS(=O)(=O)OOc1ccccc1CCCCCC(C)C. The second-order valence-electron chi connectivity index (χ2n) is 6.97. The van der Waals surface area contributed by atoms with Gasteiger partial charge in [0, 0.05) is 20.1 Å². The van der Waals surface area contributed by atoms with Gasteiger partial charge >= 0.3 is 10.4 Å². The molecule has 1 aromatic carbocycles. The number of para-hydroxylation sites is 1. The molecule has 0 aliphatic heterocycles. The summed E-state index contributed by atoms with van der Waals surface area (Å²) in [7, 11) is -4.51. The zero-order chi connectivity index (χ0) is 21.0. The van der Waals surface area contributed by atoms with Gasteiger partial charge in [0.1, 0.15) is 0 Å². The summed E-state index contributed by atoms with van der Waals surface area (Å²) in [5, 5.41) is 0. The molecule has 0 spiro atoms. The average molecular weight is 419 g/mol. The van der Waals surface area contributed by atoms with Crippen molar-refractivity contribution in [3.8, 4) is 5.75 Å². The molecule has 0 saturated heterocycles. The van der Waals surface area contributed by atoms with Crippen LogP contribution in [0.3, 0.4) is 0 Å². The first-order valence-corrected chi connectivity index (χ1v) is 11.2. The fourth-order valence-corrected chi connectivity index (χ4v) is 3.38. The first-order valence-electron chi connectivity index (χ1n) is 9.89. The largest absolute Gasteiger partial charge is 0.439 e. The number of hydrogen-bond donors (Lipinski definition) is 0. The Hall–Kier alpha value is -1.19. The molecule has 162 valence electrons. The standard InChI is InChI=1S/C20H34O7S/c1-6-23-20(5,24-7-2)26-28(21,22)27-25-19-16-12-11-15-18(19)14-10-8-9-13-17(3)4/h11-12,15-17H,6-10,13-14H2,1-5H3.